The molecule has 0 saturated heterocycles. The fourth-order valence-electron chi connectivity index (χ4n) is 4.41. The normalized spacial score (nSPS) is 39.2. The Labute approximate surface area is 116 Å². The average molecular weight is 303 g/mol. The standard InChI is InChI=1S/C15H15BrN2/c16-12-6-11(4-3-10(12)7-17)18-15-13-8-1-2-9(5-8)14(13)15/h3-4,6,8-9,13-15,18H,1-2,5H2. The Bertz CT molecular complexity index is 532. The van der Waals surface area contributed by atoms with Crippen molar-refractivity contribution in [2.24, 2.45) is 23.7 Å². The Morgan fingerprint density at radius 1 is 1.22 bits per heavy atom. The molecule has 0 aliphatic heterocycles. The van der Waals surface area contributed by atoms with Crippen LogP contribution in [0, 0.1) is 35.0 Å². The van der Waals surface area contributed by atoms with Gasteiger partial charge in [-0.05, 0) is 77.1 Å². The second-order valence-electron chi connectivity index (χ2n) is 5.96. The second kappa shape index (κ2) is 3.74. The molecule has 0 spiro atoms. The van der Waals surface area contributed by atoms with Gasteiger partial charge in [-0.25, -0.2) is 0 Å². The van der Waals surface area contributed by atoms with Gasteiger partial charge in [-0.2, -0.15) is 5.26 Å². The van der Waals surface area contributed by atoms with Crippen LogP contribution in [0.3, 0.4) is 0 Å². The molecule has 4 atom stereocenters. The fourth-order valence-corrected chi connectivity index (χ4v) is 4.87. The van der Waals surface area contributed by atoms with E-state index in [9.17, 15) is 0 Å². The minimum Gasteiger partial charge on any atom is -0.382 e. The molecule has 2 nitrogen and oxygen atoms in total. The van der Waals surface area contributed by atoms with Gasteiger partial charge < -0.3 is 5.32 Å². The van der Waals surface area contributed by atoms with Crippen LogP contribution in [-0.2, 0) is 0 Å². The lowest BCUT2D eigenvalue weighted by molar-refractivity contribution is 0.456. The Morgan fingerprint density at radius 3 is 2.56 bits per heavy atom. The topological polar surface area (TPSA) is 35.8 Å². The number of hydrogen-bond acceptors (Lipinski definition) is 2. The van der Waals surface area contributed by atoms with E-state index in [-0.39, 0.29) is 0 Å². The summed E-state index contributed by atoms with van der Waals surface area (Å²) >= 11 is 3.45. The van der Waals surface area contributed by atoms with Crippen LogP contribution in [0.15, 0.2) is 22.7 Å². The summed E-state index contributed by atoms with van der Waals surface area (Å²) in [4.78, 5) is 0. The lowest BCUT2D eigenvalue weighted by Gasteiger charge is -2.12. The molecule has 3 heteroatoms. The summed E-state index contributed by atoms with van der Waals surface area (Å²) in [7, 11) is 0. The molecule has 0 heterocycles. The predicted octanol–water partition coefficient (Wildman–Crippen LogP) is 3.78. The Kier molecular flexibility index (Phi) is 2.26. The van der Waals surface area contributed by atoms with Crippen LogP contribution in [0.1, 0.15) is 24.8 Å². The maximum Gasteiger partial charge on any atom is 0.100 e. The zero-order valence-corrected chi connectivity index (χ0v) is 11.7. The van der Waals surface area contributed by atoms with Crippen LogP contribution in [0.25, 0.3) is 0 Å². The van der Waals surface area contributed by atoms with E-state index in [4.69, 9.17) is 5.26 Å². The van der Waals surface area contributed by atoms with E-state index >= 15 is 0 Å². The molecule has 4 rings (SSSR count). The van der Waals surface area contributed by atoms with Crippen molar-refractivity contribution in [3.8, 4) is 6.07 Å². The van der Waals surface area contributed by atoms with Crippen molar-refractivity contribution in [3.63, 3.8) is 0 Å². The molecule has 92 valence electrons. The summed E-state index contributed by atoms with van der Waals surface area (Å²) in [5.74, 6) is 3.88. The molecule has 1 aromatic carbocycles. The third-order valence-electron chi connectivity index (χ3n) is 5.16. The van der Waals surface area contributed by atoms with Crippen LogP contribution in [0.5, 0.6) is 0 Å². The number of anilines is 1. The van der Waals surface area contributed by atoms with Crippen molar-refractivity contribution in [1.29, 1.82) is 5.26 Å². The first-order valence-electron chi connectivity index (χ1n) is 6.74. The molecule has 18 heavy (non-hydrogen) atoms. The van der Waals surface area contributed by atoms with Crippen molar-refractivity contribution >= 4 is 21.6 Å². The molecule has 1 N–H and O–H groups in total. The van der Waals surface area contributed by atoms with Crippen LogP contribution in [-0.4, -0.2) is 6.04 Å². The molecule has 0 radical (unpaired) electrons. The fraction of sp³-hybridized carbons (Fsp3) is 0.533. The zero-order valence-electron chi connectivity index (χ0n) is 10.1. The summed E-state index contributed by atoms with van der Waals surface area (Å²) in [5.41, 5.74) is 1.86. The zero-order chi connectivity index (χ0) is 12.3. The number of hydrogen-bond donors (Lipinski definition) is 1. The van der Waals surface area contributed by atoms with Crippen LogP contribution >= 0.6 is 15.9 Å². The van der Waals surface area contributed by atoms with Gasteiger partial charge in [0, 0.05) is 16.2 Å². The Hall–Kier alpha value is -1.01. The Morgan fingerprint density at radius 2 is 1.94 bits per heavy atom. The molecule has 1 aromatic rings. The largest absolute Gasteiger partial charge is 0.382 e. The molecule has 3 saturated carbocycles. The molecule has 0 amide bonds. The number of rotatable bonds is 2. The van der Waals surface area contributed by atoms with Gasteiger partial charge in [0.1, 0.15) is 6.07 Å². The summed E-state index contributed by atoms with van der Waals surface area (Å²) in [5, 5.41) is 12.6. The SMILES string of the molecule is N#Cc1ccc(NC2C3C4CCC(C4)C23)cc1Br. The van der Waals surface area contributed by atoms with E-state index in [1.165, 1.54) is 19.3 Å². The van der Waals surface area contributed by atoms with Gasteiger partial charge in [-0.3, -0.25) is 0 Å². The van der Waals surface area contributed by atoms with Gasteiger partial charge in [0.25, 0.3) is 0 Å². The molecular formula is C15H15BrN2. The lowest BCUT2D eigenvalue weighted by Crippen LogP contribution is -2.12. The van der Waals surface area contributed by atoms with Crippen molar-refractivity contribution in [3.05, 3.63) is 28.2 Å². The predicted molar refractivity (Wildman–Crippen MR) is 74.1 cm³/mol. The highest BCUT2D eigenvalue weighted by molar-refractivity contribution is 9.10. The molecular weight excluding hydrogens is 288 g/mol. The summed E-state index contributed by atoms with van der Waals surface area (Å²) < 4.78 is 0.892. The molecule has 3 aliphatic rings. The van der Waals surface area contributed by atoms with E-state index in [1.807, 2.05) is 18.2 Å². The molecule has 3 aliphatic carbocycles. The number of benzene rings is 1. The highest BCUT2D eigenvalue weighted by Gasteiger charge is 2.64. The van der Waals surface area contributed by atoms with Crippen LogP contribution < -0.4 is 5.32 Å². The second-order valence-corrected chi connectivity index (χ2v) is 6.82. The third-order valence-corrected chi connectivity index (χ3v) is 5.81. The first-order chi connectivity index (χ1) is 8.78. The van der Waals surface area contributed by atoms with E-state index in [0.717, 1.165) is 33.8 Å². The number of nitrogens with zero attached hydrogens (tertiary/aromatic N) is 1. The van der Waals surface area contributed by atoms with Crippen LogP contribution in [0.2, 0.25) is 0 Å². The van der Waals surface area contributed by atoms with Gasteiger partial charge in [0.05, 0.1) is 5.56 Å². The average Bonchev–Trinajstić information content (AvgIpc) is 2.77. The highest BCUT2D eigenvalue weighted by Crippen LogP contribution is 2.66. The van der Waals surface area contributed by atoms with Crippen molar-refractivity contribution in [2.45, 2.75) is 25.3 Å². The van der Waals surface area contributed by atoms with Gasteiger partial charge in [-0.15, -0.1) is 0 Å². The van der Waals surface area contributed by atoms with Crippen molar-refractivity contribution in [1.82, 2.24) is 0 Å². The van der Waals surface area contributed by atoms with Crippen molar-refractivity contribution in [2.75, 3.05) is 5.32 Å². The molecule has 2 bridgehead atoms. The first kappa shape index (κ1) is 10.9. The summed E-state index contributed by atoms with van der Waals surface area (Å²) in [6.07, 6.45) is 4.41. The first-order valence-corrected chi connectivity index (χ1v) is 7.53. The number of nitrogens with one attached hydrogen (secondary N) is 1. The van der Waals surface area contributed by atoms with E-state index < -0.39 is 0 Å². The smallest absolute Gasteiger partial charge is 0.100 e. The minimum atomic E-state index is 0.705. The minimum absolute atomic E-state index is 0.705. The van der Waals surface area contributed by atoms with E-state index in [2.05, 4.69) is 27.3 Å². The number of fused-ring (bicyclic) bond motifs is 5. The molecule has 0 aromatic heterocycles. The van der Waals surface area contributed by atoms with Gasteiger partial charge in [0.15, 0.2) is 0 Å². The third kappa shape index (κ3) is 1.45. The van der Waals surface area contributed by atoms with E-state index in [1.54, 1.807) is 0 Å². The summed E-state index contributed by atoms with van der Waals surface area (Å²) in [6.45, 7) is 0. The van der Waals surface area contributed by atoms with E-state index in [0.29, 0.717) is 11.6 Å². The maximum absolute atomic E-state index is 8.91. The van der Waals surface area contributed by atoms with Gasteiger partial charge in [0.2, 0.25) is 0 Å². The van der Waals surface area contributed by atoms with Gasteiger partial charge in [-0.1, -0.05) is 0 Å². The van der Waals surface area contributed by atoms with Crippen LogP contribution in [0.4, 0.5) is 5.69 Å². The van der Waals surface area contributed by atoms with Gasteiger partial charge >= 0.3 is 0 Å². The Balaban J connectivity index is 1.51. The maximum atomic E-state index is 8.91. The quantitative estimate of drug-likeness (QED) is 0.902. The molecule has 3 fully saturated rings. The van der Waals surface area contributed by atoms with Crippen molar-refractivity contribution < 1.29 is 0 Å². The number of halogens is 1. The monoisotopic (exact) mass is 302 g/mol. The highest BCUT2D eigenvalue weighted by atomic mass is 79.9. The molecule has 4 unspecified atom stereocenters. The number of nitriles is 1. The summed E-state index contributed by atoms with van der Waals surface area (Å²) in [6, 6.07) is 8.84. The lowest BCUT2D eigenvalue weighted by atomic mass is 10.0.